The number of hydrogen-bond donors (Lipinski definition) is 1. The van der Waals surface area contributed by atoms with Crippen molar-refractivity contribution in [1.29, 1.82) is 0 Å². The van der Waals surface area contributed by atoms with E-state index in [1.807, 2.05) is 17.0 Å². The predicted molar refractivity (Wildman–Crippen MR) is 62.4 cm³/mol. The van der Waals surface area contributed by atoms with Gasteiger partial charge in [-0.3, -0.25) is 9.69 Å². The summed E-state index contributed by atoms with van der Waals surface area (Å²) in [5, 5.41) is 9.03. The van der Waals surface area contributed by atoms with Crippen molar-refractivity contribution < 1.29 is 9.90 Å². The first kappa shape index (κ1) is 11.1. The molecule has 0 aromatic heterocycles. The Labute approximate surface area is 95.7 Å². The number of nitrogens with zero attached hydrogens (tertiary/aromatic N) is 1. The average Bonchev–Trinajstić information content (AvgIpc) is 2.28. The van der Waals surface area contributed by atoms with Gasteiger partial charge in [-0.1, -0.05) is 31.2 Å². The lowest BCUT2D eigenvalue weighted by atomic mass is 9.90. The number of carboxylic acid groups (broad SMARTS) is 1. The fourth-order valence-electron chi connectivity index (χ4n) is 2.34. The quantitative estimate of drug-likeness (QED) is 0.828. The van der Waals surface area contributed by atoms with E-state index in [4.69, 9.17) is 5.11 Å². The average molecular weight is 219 g/mol. The van der Waals surface area contributed by atoms with Crippen molar-refractivity contribution in [1.82, 2.24) is 4.90 Å². The highest BCUT2D eigenvalue weighted by Gasteiger charge is 2.28. The minimum Gasteiger partial charge on any atom is -0.480 e. The molecule has 0 radical (unpaired) electrons. The molecule has 86 valence electrons. The van der Waals surface area contributed by atoms with Crippen LogP contribution in [-0.4, -0.2) is 28.6 Å². The predicted octanol–water partition coefficient (Wildman–Crippen LogP) is 2.08. The molecule has 0 fully saturated rings. The first-order chi connectivity index (χ1) is 7.59. The number of fused-ring (bicyclic) bond motifs is 1. The van der Waals surface area contributed by atoms with Crippen LogP contribution >= 0.6 is 0 Å². The van der Waals surface area contributed by atoms with Gasteiger partial charge in [0.15, 0.2) is 0 Å². The monoisotopic (exact) mass is 219 g/mol. The Hall–Kier alpha value is -1.35. The molecule has 1 aromatic rings. The maximum Gasteiger partial charge on any atom is 0.320 e. The van der Waals surface area contributed by atoms with Crippen LogP contribution < -0.4 is 0 Å². The number of benzene rings is 1. The summed E-state index contributed by atoms with van der Waals surface area (Å²) < 4.78 is 0. The van der Waals surface area contributed by atoms with Gasteiger partial charge in [-0.15, -0.1) is 0 Å². The van der Waals surface area contributed by atoms with Crippen LogP contribution in [0.4, 0.5) is 0 Å². The van der Waals surface area contributed by atoms with E-state index >= 15 is 0 Å². The van der Waals surface area contributed by atoms with Gasteiger partial charge in [0.05, 0.1) is 0 Å². The normalized spacial score (nSPS) is 22.5. The second-order valence-electron chi connectivity index (χ2n) is 4.54. The third kappa shape index (κ3) is 1.95. The van der Waals surface area contributed by atoms with Gasteiger partial charge in [0.25, 0.3) is 0 Å². The SMILES string of the molecule is CC1CN(C(C)C(=O)O)Cc2ccccc21. The summed E-state index contributed by atoms with van der Waals surface area (Å²) in [4.78, 5) is 13.0. The molecule has 2 unspecified atom stereocenters. The van der Waals surface area contributed by atoms with Gasteiger partial charge in [0.1, 0.15) is 6.04 Å². The Kier molecular flexibility index (Phi) is 2.97. The van der Waals surface area contributed by atoms with Crippen LogP contribution in [0.3, 0.4) is 0 Å². The standard InChI is InChI=1S/C13H17NO2/c1-9-7-14(10(2)13(15)16)8-11-5-3-4-6-12(9)11/h3-6,9-10H,7-8H2,1-2H3,(H,15,16). The number of carbonyl (C=O) groups is 1. The summed E-state index contributed by atoms with van der Waals surface area (Å²) >= 11 is 0. The molecular formula is C13H17NO2. The van der Waals surface area contributed by atoms with Crippen LogP contribution in [0, 0.1) is 0 Å². The topological polar surface area (TPSA) is 40.5 Å². The lowest BCUT2D eigenvalue weighted by molar-refractivity contribution is -0.143. The van der Waals surface area contributed by atoms with E-state index in [2.05, 4.69) is 19.1 Å². The molecule has 16 heavy (non-hydrogen) atoms. The number of hydrogen-bond acceptors (Lipinski definition) is 2. The van der Waals surface area contributed by atoms with Crippen LogP contribution in [0.1, 0.15) is 30.9 Å². The van der Waals surface area contributed by atoms with Crippen molar-refractivity contribution in [2.24, 2.45) is 0 Å². The largest absolute Gasteiger partial charge is 0.480 e. The summed E-state index contributed by atoms with van der Waals surface area (Å²) in [6.07, 6.45) is 0. The van der Waals surface area contributed by atoms with Gasteiger partial charge in [0, 0.05) is 13.1 Å². The van der Waals surface area contributed by atoms with Gasteiger partial charge >= 0.3 is 5.97 Å². The third-order valence-corrected chi connectivity index (χ3v) is 3.37. The van der Waals surface area contributed by atoms with Gasteiger partial charge < -0.3 is 5.11 Å². The van der Waals surface area contributed by atoms with Crippen LogP contribution in [0.15, 0.2) is 24.3 Å². The summed E-state index contributed by atoms with van der Waals surface area (Å²) in [7, 11) is 0. The van der Waals surface area contributed by atoms with E-state index in [0.717, 1.165) is 13.1 Å². The molecule has 3 nitrogen and oxygen atoms in total. The summed E-state index contributed by atoms with van der Waals surface area (Å²) in [5.41, 5.74) is 2.62. The second-order valence-corrected chi connectivity index (χ2v) is 4.54. The minimum absolute atomic E-state index is 0.407. The maximum absolute atomic E-state index is 11.0. The molecule has 1 aliphatic heterocycles. The van der Waals surface area contributed by atoms with Crippen LogP contribution in [0.2, 0.25) is 0 Å². The van der Waals surface area contributed by atoms with Crippen LogP contribution in [0.25, 0.3) is 0 Å². The Morgan fingerprint density at radius 1 is 1.50 bits per heavy atom. The second kappa shape index (κ2) is 4.26. The third-order valence-electron chi connectivity index (χ3n) is 3.37. The van der Waals surface area contributed by atoms with E-state index in [1.54, 1.807) is 6.92 Å². The van der Waals surface area contributed by atoms with Gasteiger partial charge in [-0.05, 0) is 24.0 Å². The van der Waals surface area contributed by atoms with Gasteiger partial charge in [0.2, 0.25) is 0 Å². The van der Waals surface area contributed by atoms with E-state index in [0.29, 0.717) is 5.92 Å². The molecule has 1 aromatic carbocycles. The van der Waals surface area contributed by atoms with Gasteiger partial charge in [-0.2, -0.15) is 0 Å². The Morgan fingerprint density at radius 3 is 2.88 bits per heavy atom. The molecule has 2 rings (SSSR count). The lowest BCUT2D eigenvalue weighted by Crippen LogP contribution is -2.43. The zero-order chi connectivity index (χ0) is 11.7. The molecule has 0 saturated carbocycles. The fraction of sp³-hybridized carbons (Fsp3) is 0.462. The highest BCUT2D eigenvalue weighted by Crippen LogP contribution is 2.28. The summed E-state index contributed by atoms with van der Waals surface area (Å²) in [5.74, 6) is -0.335. The van der Waals surface area contributed by atoms with Gasteiger partial charge in [-0.25, -0.2) is 0 Å². The molecule has 1 heterocycles. The summed E-state index contributed by atoms with van der Waals surface area (Å²) in [6, 6.07) is 7.89. The highest BCUT2D eigenvalue weighted by molar-refractivity contribution is 5.73. The summed E-state index contributed by atoms with van der Waals surface area (Å²) in [6.45, 7) is 5.47. The first-order valence-corrected chi connectivity index (χ1v) is 5.64. The van der Waals surface area contributed by atoms with Crippen molar-refractivity contribution in [2.75, 3.05) is 6.54 Å². The van der Waals surface area contributed by atoms with E-state index in [1.165, 1.54) is 11.1 Å². The molecule has 0 spiro atoms. The zero-order valence-corrected chi connectivity index (χ0v) is 9.68. The molecule has 0 saturated heterocycles. The van der Waals surface area contributed by atoms with Crippen LogP contribution in [-0.2, 0) is 11.3 Å². The molecule has 1 N–H and O–H groups in total. The molecular weight excluding hydrogens is 202 g/mol. The van der Waals surface area contributed by atoms with Crippen molar-refractivity contribution in [3.8, 4) is 0 Å². The van der Waals surface area contributed by atoms with Crippen LogP contribution in [0.5, 0.6) is 0 Å². The van der Waals surface area contributed by atoms with Crippen molar-refractivity contribution >= 4 is 5.97 Å². The van der Waals surface area contributed by atoms with E-state index in [-0.39, 0.29) is 0 Å². The van der Waals surface area contributed by atoms with Crippen molar-refractivity contribution in [3.05, 3.63) is 35.4 Å². The van der Waals surface area contributed by atoms with Crippen molar-refractivity contribution in [3.63, 3.8) is 0 Å². The number of aliphatic carboxylic acids is 1. The maximum atomic E-state index is 11.0. The zero-order valence-electron chi connectivity index (χ0n) is 9.68. The number of carboxylic acids is 1. The molecule has 0 bridgehead atoms. The Bertz CT molecular complexity index is 403. The van der Waals surface area contributed by atoms with Crippen molar-refractivity contribution in [2.45, 2.75) is 32.4 Å². The highest BCUT2D eigenvalue weighted by atomic mass is 16.4. The fourth-order valence-corrected chi connectivity index (χ4v) is 2.34. The lowest BCUT2D eigenvalue weighted by Gasteiger charge is -2.35. The smallest absolute Gasteiger partial charge is 0.320 e. The van der Waals surface area contributed by atoms with E-state index < -0.39 is 12.0 Å². The minimum atomic E-state index is -0.744. The molecule has 3 heteroatoms. The Morgan fingerprint density at radius 2 is 2.19 bits per heavy atom. The molecule has 2 atom stereocenters. The molecule has 0 amide bonds. The first-order valence-electron chi connectivity index (χ1n) is 5.64. The molecule has 1 aliphatic rings. The number of rotatable bonds is 2. The van der Waals surface area contributed by atoms with E-state index in [9.17, 15) is 4.79 Å². The molecule has 0 aliphatic carbocycles. The Balaban J connectivity index is 2.24.